The molecule has 160 valence electrons. The molecule has 1 spiro atoms. The van der Waals surface area contributed by atoms with Gasteiger partial charge in [-0.05, 0) is 43.0 Å². The maximum atomic E-state index is 13.6. The predicted octanol–water partition coefficient (Wildman–Crippen LogP) is 0.993. The van der Waals surface area contributed by atoms with Gasteiger partial charge in [0.1, 0.15) is 11.4 Å². The summed E-state index contributed by atoms with van der Waals surface area (Å²) in [6.07, 6.45) is 4.41. The lowest BCUT2D eigenvalue weighted by atomic mass is 9.76. The lowest BCUT2D eigenvalue weighted by Gasteiger charge is -2.28. The van der Waals surface area contributed by atoms with Crippen LogP contribution in [0.25, 0.3) is 0 Å². The van der Waals surface area contributed by atoms with Gasteiger partial charge in [-0.25, -0.2) is 4.39 Å². The van der Waals surface area contributed by atoms with Crippen LogP contribution in [0.2, 0.25) is 0 Å². The van der Waals surface area contributed by atoms with Crippen LogP contribution in [0, 0.1) is 30.5 Å². The van der Waals surface area contributed by atoms with Gasteiger partial charge in [-0.2, -0.15) is 0 Å². The second kappa shape index (κ2) is 7.14. The Kier molecular flexibility index (Phi) is 4.68. The minimum Gasteiger partial charge on any atom is -0.360 e. The minimum absolute atomic E-state index is 0.0406. The third-order valence-corrected chi connectivity index (χ3v) is 6.99. The van der Waals surface area contributed by atoms with E-state index < -0.39 is 17.4 Å². The first-order chi connectivity index (χ1) is 14.4. The van der Waals surface area contributed by atoms with Crippen molar-refractivity contribution in [2.75, 3.05) is 38.1 Å². The molecule has 0 saturated carbocycles. The number of amides is 2. The van der Waals surface area contributed by atoms with Gasteiger partial charge in [-0.1, -0.05) is 12.2 Å². The monoisotopic (exact) mass is 414 g/mol. The number of nitrogens with one attached hydrogen (secondary N) is 2. The molecule has 5 rings (SSSR count). The molecular weight excluding hydrogens is 387 g/mol. The van der Waals surface area contributed by atoms with Crippen molar-refractivity contribution in [1.29, 1.82) is 0 Å². The summed E-state index contributed by atoms with van der Waals surface area (Å²) in [5, 5.41) is 0. The number of nitrogens with zero attached hydrogens (tertiary/aromatic N) is 2. The van der Waals surface area contributed by atoms with Gasteiger partial charge in [-0.3, -0.25) is 20.4 Å². The Morgan fingerprint density at radius 3 is 2.87 bits per heavy atom. The normalized spacial score (nSPS) is 32.3. The molecule has 3 saturated heterocycles. The SMILES string of the molecule is Cc1cc(F)ccc1N1C[C@@]23C=C[C@@H](O2)C(C(=O)N(C)CCC2CNNC2)C3C1=O. The number of fused-ring (bicyclic) bond motifs is 1. The van der Waals surface area contributed by atoms with E-state index in [4.69, 9.17) is 4.74 Å². The summed E-state index contributed by atoms with van der Waals surface area (Å²) in [6, 6.07) is 4.41. The molecular formula is C22H27FN4O3. The molecule has 2 unspecified atom stereocenters. The Balaban J connectivity index is 1.36. The highest BCUT2D eigenvalue weighted by atomic mass is 19.1. The van der Waals surface area contributed by atoms with Gasteiger partial charge in [0.2, 0.25) is 11.8 Å². The summed E-state index contributed by atoms with van der Waals surface area (Å²) in [5.41, 5.74) is 6.81. The third-order valence-electron chi connectivity index (χ3n) is 6.99. The third kappa shape index (κ3) is 2.97. The first kappa shape index (κ1) is 19.7. The average Bonchev–Trinajstić information content (AvgIpc) is 3.48. The van der Waals surface area contributed by atoms with Crippen molar-refractivity contribution in [2.24, 2.45) is 17.8 Å². The number of hydrazine groups is 1. The zero-order valence-corrected chi connectivity index (χ0v) is 17.2. The molecule has 2 amide bonds. The molecule has 1 aromatic carbocycles. The number of carbonyl (C=O) groups is 2. The van der Waals surface area contributed by atoms with Crippen LogP contribution in [0.4, 0.5) is 10.1 Å². The van der Waals surface area contributed by atoms with Gasteiger partial charge in [0.25, 0.3) is 0 Å². The van der Waals surface area contributed by atoms with E-state index in [1.807, 2.05) is 19.2 Å². The van der Waals surface area contributed by atoms with Crippen molar-refractivity contribution in [3.05, 3.63) is 41.7 Å². The minimum atomic E-state index is -0.775. The largest absolute Gasteiger partial charge is 0.360 e. The zero-order valence-electron chi connectivity index (χ0n) is 17.2. The molecule has 4 aliphatic heterocycles. The van der Waals surface area contributed by atoms with E-state index in [1.54, 1.807) is 22.8 Å². The lowest BCUT2D eigenvalue weighted by molar-refractivity contribution is -0.139. The summed E-state index contributed by atoms with van der Waals surface area (Å²) in [6.45, 7) is 4.58. The highest BCUT2D eigenvalue weighted by molar-refractivity contribution is 6.03. The number of hydrogen-bond donors (Lipinski definition) is 2. The summed E-state index contributed by atoms with van der Waals surface area (Å²) in [4.78, 5) is 30.2. The molecule has 2 bridgehead atoms. The second-order valence-corrected chi connectivity index (χ2v) is 8.93. The first-order valence-electron chi connectivity index (χ1n) is 10.5. The fraction of sp³-hybridized carbons (Fsp3) is 0.545. The number of ether oxygens (including phenoxy) is 1. The van der Waals surface area contributed by atoms with Crippen LogP contribution in [0.3, 0.4) is 0 Å². The Hall–Kier alpha value is -2.29. The lowest BCUT2D eigenvalue weighted by Crippen LogP contribution is -2.45. The fourth-order valence-corrected chi connectivity index (χ4v) is 5.36. The second-order valence-electron chi connectivity index (χ2n) is 8.93. The van der Waals surface area contributed by atoms with Gasteiger partial charge in [0, 0.05) is 32.4 Å². The quantitative estimate of drug-likeness (QED) is 0.703. The zero-order chi connectivity index (χ0) is 21.0. The first-order valence-corrected chi connectivity index (χ1v) is 10.5. The van der Waals surface area contributed by atoms with E-state index in [9.17, 15) is 14.0 Å². The standard InChI is InChI=1S/C22H27FN4O3/c1-13-9-15(23)3-4-16(13)27-12-22-7-5-17(30-22)18(19(22)21(27)29)20(28)26(2)8-6-14-10-24-25-11-14/h3-5,7,9,14,17-19,24-25H,6,8,10-12H2,1-2H3/t17-,18?,19?,22-/m1/s1. The van der Waals surface area contributed by atoms with Crippen molar-refractivity contribution in [3.63, 3.8) is 0 Å². The van der Waals surface area contributed by atoms with Crippen LogP contribution in [0.1, 0.15) is 12.0 Å². The molecule has 4 aliphatic rings. The van der Waals surface area contributed by atoms with Crippen LogP contribution in [-0.4, -0.2) is 61.6 Å². The molecule has 4 atom stereocenters. The molecule has 0 aliphatic carbocycles. The number of aryl methyl sites for hydroxylation is 1. The molecule has 0 aromatic heterocycles. The van der Waals surface area contributed by atoms with Crippen LogP contribution in [0.15, 0.2) is 30.4 Å². The van der Waals surface area contributed by atoms with Crippen LogP contribution < -0.4 is 15.8 Å². The van der Waals surface area contributed by atoms with Crippen molar-refractivity contribution in [1.82, 2.24) is 15.8 Å². The summed E-state index contributed by atoms with van der Waals surface area (Å²) >= 11 is 0. The van der Waals surface area contributed by atoms with Gasteiger partial charge in [0.05, 0.1) is 24.5 Å². The Bertz CT molecular complexity index is 916. The van der Waals surface area contributed by atoms with Crippen LogP contribution >= 0.6 is 0 Å². The number of halogens is 1. The fourth-order valence-electron chi connectivity index (χ4n) is 5.36. The van der Waals surface area contributed by atoms with Crippen LogP contribution in [-0.2, 0) is 14.3 Å². The predicted molar refractivity (Wildman–Crippen MR) is 109 cm³/mol. The molecule has 1 aromatic rings. The van der Waals surface area contributed by atoms with E-state index in [2.05, 4.69) is 10.9 Å². The van der Waals surface area contributed by atoms with Gasteiger partial charge in [0.15, 0.2) is 0 Å². The maximum Gasteiger partial charge on any atom is 0.234 e. The Morgan fingerprint density at radius 2 is 2.13 bits per heavy atom. The molecule has 2 N–H and O–H groups in total. The Morgan fingerprint density at radius 1 is 1.37 bits per heavy atom. The maximum absolute atomic E-state index is 13.6. The topological polar surface area (TPSA) is 73.9 Å². The molecule has 7 nitrogen and oxygen atoms in total. The van der Waals surface area contributed by atoms with Crippen molar-refractivity contribution in [2.45, 2.75) is 25.0 Å². The summed E-state index contributed by atoms with van der Waals surface area (Å²) in [5.74, 6) is -1.05. The van der Waals surface area contributed by atoms with E-state index in [0.717, 1.165) is 19.5 Å². The molecule has 4 heterocycles. The van der Waals surface area contributed by atoms with Crippen molar-refractivity contribution >= 4 is 17.5 Å². The molecule has 0 radical (unpaired) electrons. The Labute approximate surface area is 175 Å². The number of hydrogen-bond acceptors (Lipinski definition) is 5. The van der Waals surface area contributed by atoms with E-state index in [1.165, 1.54) is 12.1 Å². The number of carbonyl (C=O) groups excluding carboxylic acids is 2. The van der Waals surface area contributed by atoms with E-state index >= 15 is 0 Å². The summed E-state index contributed by atoms with van der Waals surface area (Å²) < 4.78 is 19.8. The summed E-state index contributed by atoms with van der Waals surface area (Å²) in [7, 11) is 1.81. The van der Waals surface area contributed by atoms with Crippen LogP contribution in [0.5, 0.6) is 0 Å². The number of benzene rings is 1. The molecule has 8 heteroatoms. The molecule has 30 heavy (non-hydrogen) atoms. The average molecular weight is 414 g/mol. The van der Waals surface area contributed by atoms with Gasteiger partial charge in [-0.15, -0.1) is 0 Å². The number of anilines is 1. The van der Waals surface area contributed by atoms with Gasteiger partial charge >= 0.3 is 0 Å². The van der Waals surface area contributed by atoms with E-state index in [-0.39, 0.29) is 23.7 Å². The number of rotatable bonds is 5. The van der Waals surface area contributed by atoms with E-state index in [0.29, 0.717) is 30.3 Å². The van der Waals surface area contributed by atoms with Gasteiger partial charge < -0.3 is 14.5 Å². The van der Waals surface area contributed by atoms with Crippen molar-refractivity contribution < 1.29 is 18.7 Å². The smallest absolute Gasteiger partial charge is 0.234 e. The highest BCUT2D eigenvalue weighted by Gasteiger charge is 2.67. The van der Waals surface area contributed by atoms with Crippen molar-refractivity contribution in [3.8, 4) is 0 Å². The molecule has 3 fully saturated rings. The highest BCUT2D eigenvalue weighted by Crippen LogP contribution is 2.53.